The van der Waals surface area contributed by atoms with E-state index in [0.29, 0.717) is 26.6 Å². The number of nitrogens with one attached hydrogen (secondary N) is 1. The summed E-state index contributed by atoms with van der Waals surface area (Å²) < 4.78 is 5.14. The van der Waals surface area contributed by atoms with Crippen LogP contribution >= 0.6 is 11.3 Å². The van der Waals surface area contributed by atoms with Gasteiger partial charge in [0.1, 0.15) is 15.9 Å². The van der Waals surface area contributed by atoms with Crippen molar-refractivity contribution >= 4 is 28.2 Å². The molecule has 0 fully saturated rings. The number of hydrogen-bond donors (Lipinski definition) is 1. The van der Waals surface area contributed by atoms with Crippen molar-refractivity contribution in [1.82, 2.24) is 0 Å². The Kier molecular flexibility index (Phi) is 5.64. The number of ether oxygens (including phenoxy) is 1. The highest BCUT2D eigenvalue weighted by Crippen LogP contribution is 2.40. The Balaban J connectivity index is 2.08. The number of carbonyl (C=O) groups is 2. The minimum Gasteiger partial charge on any atom is -0.462 e. The second-order valence-electron chi connectivity index (χ2n) is 5.53. The van der Waals surface area contributed by atoms with Gasteiger partial charge in [0.2, 0.25) is 0 Å². The predicted molar refractivity (Wildman–Crippen MR) is 105 cm³/mol. The van der Waals surface area contributed by atoms with Crippen LogP contribution in [-0.4, -0.2) is 18.5 Å². The van der Waals surface area contributed by atoms with Gasteiger partial charge in [-0.25, -0.2) is 4.79 Å². The average Bonchev–Trinajstić information content (AvgIpc) is 3.07. The van der Waals surface area contributed by atoms with Crippen LogP contribution in [0.15, 0.2) is 60.7 Å². The van der Waals surface area contributed by atoms with E-state index >= 15 is 0 Å². The molecule has 5 nitrogen and oxygen atoms in total. The third-order valence-electron chi connectivity index (χ3n) is 3.81. The molecular formula is C21H16N2O3S. The summed E-state index contributed by atoms with van der Waals surface area (Å²) in [5.74, 6) is -0.860. The van der Waals surface area contributed by atoms with E-state index in [0.717, 1.165) is 11.3 Å². The number of anilines is 1. The molecule has 0 radical (unpaired) electrons. The summed E-state index contributed by atoms with van der Waals surface area (Å²) in [5.41, 5.74) is 1.91. The van der Waals surface area contributed by atoms with E-state index in [1.54, 1.807) is 31.2 Å². The maximum absolute atomic E-state index is 12.5. The lowest BCUT2D eigenvalue weighted by molar-refractivity contribution is 0.0532. The Hall–Kier alpha value is -3.43. The molecule has 0 bridgehead atoms. The van der Waals surface area contributed by atoms with E-state index in [1.807, 2.05) is 36.4 Å². The molecule has 1 heterocycles. The maximum Gasteiger partial charge on any atom is 0.349 e. The van der Waals surface area contributed by atoms with Crippen molar-refractivity contribution < 1.29 is 14.3 Å². The van der Waals surface area contributed by atoms with Crippen molar-refractivity contribution in [3.05, 3.63) is 76.7 Å². The van der Waals surface area contributed by atoms with E-state index < -0.39 is 5.97 Å². The Morgan fingerprint density at radius 1 is 1.07 bits per heavy atom. The minimum absolute atomic E-state index is 0.221. The molecule has 27 heavy (non-hydrogen) atoms. The van der Waals surface area contributed by atoms with Crippen LogP contribution in [-0.2, 0) is 4.74 Å². The second-order valence-corrected chi connectivity index (χ2v) is 6.55. The van der Waals surface area contributed by atoms with E-state index in [9.17, 15) is 14.9 Å². The zero-order chi connectivity index (χ0) is 19.2. The number of thiophene rings is 1. The van der Waals surface area contributed by atoms with Gasteiger partial charge in [-0.05, 0) is 24.6 Å². The molecule has 1 N–H and O–H groups in total. The molecule has 3 aromatic rings. The molecule has 1 amide bonds. The first-order chi connectivity index (χ1) is 13.2. The summed E-state index contributed by atoms with van der Waals surface area (Å²) in [6, 6.07) is 19.9. The highest BCUT2D eigenvalue weighted by Gasteiger charge is 2.26. The number of carbonyl (C=O) groups excluding carboxylic acids is 2. The number of rotatable bonds is 5. The standard InChI is InChI=1S/C21H16N2O3S/c1-2-26-21(25)18-17(14-9-5-3-6-10-14)16(13-22)20(27-18)23-19(24)15-11-7-4-8-12-15/h3-12H,2H2,1H3,(H,23,24). The van der Waals surface area contributed by atoms with Gasteiger partial charge in [0, 0.05) is 11.1 Å². The summed E-state index contributed by atoms with van der Waals surface area (Å²) >= 11 is 1.05. The van der Waals surface area contributed by atoms with Crippen LogP contribution in [0.25, 0.3) is 11.1 Å². The number of benzene rings is 2. The first-order valence-electron chi connectivity index (χ1n) is 8.31. The van der Waals surface area contributed by atoms with Crippen molar-refractivity contribution in [2.24, 2.45) is 0 Å². The maximum atomic E-state index is 12.5. The van der Waals surface area contributed by atoms with E-state index in [2.05, 4.69) is 11.4 Å². The van der Waals surface area contributed by atoms with Gasteiger partial charge in [-0.1, -0.05) is 48.5 Å². The molecule has 0 saturated heterocycles. The largest absolute Gasteiger partial charge is 0.462 e. The van der Waals surface area contributed by atoms with Gasteiger partial charge in [0.05, 0.1) is 12.2 Å². The number of esters is 1. The molecule has 6 heteroatoms. The van der Waals surface area contributed by atoms with Gasteiger partial charge in [0.15, 0.2) is 0 Å². The molecule has 134 valence electrons. The third-order valence-corrected chi connectivity index (χ3v) is 4.89. The number of nitriles is 1. The van der Waals surface area contributed by atoms with Gasteiger partial charge in [-0.15, -0.1) is 11.3 Å². The SMILES string of the molecule is CCOC(=O)c1sc(NC(=O)c2ccccc2)c(C#N)c1-c1ccccc1. The van der Waals surface area contributed by atoms with Gasteiger partial charge < -0.3 is 10.1 Å². The average molecular weight is 376 g/mol. The van der Waals surface area contributed by atoms with Crippen LogP contribution in [0.3, 0.4) is 0 Å². The quantitative estimate of drug-likeness (QED) is 0.654. The third kappa shape index (κ3) is 3.89. The Morgan fingerprint density at radius 2 is 1.70 bits per heavy atom. The molecule has 0 aliphatic heterocycles. The van der Waals surface area contributed by atoms with Gasteiger partial charge in [-0.3, -0.25) is 4.79 Å². The molecule has 0 spiro atoms. The number of amides is 1. The fourth-order valence-electron chi connectivity index (χ4n) is 2.61. The van der Waals surface area contributed by atoms with E-state index in [1.165, 1.54) is 0 Å². The highest BCUT2D eigenvalue weighted by molar-refractivity contribution is 7.19. The fourth-order valence-corrected chi connectivity index (χ4v) is 3.67. The molecule has 1 aromatic heterocycles. The summed E-state index contributed by atoms with van der Waals surface area (Å²) in [5, 5.41) is 12.8. The lowest BCUT2D eigenvalue weighted by atomic mass is 10.0. The topological polar surface area (TPSA) is 79.2 Å². The van der Waals surface area contributed by atoms with E-state index in [4.69, 9.17) is 4.74 Å². The van der Waals surface area contributed by atoms with E-state index in [-0.39, 0.29) is 18.1 Å². The summed E-state index contributed by atoms with van der Waals surface area (Å²) in [6.07, 6.45) is 0. The summed E-state index contributed by atoms with van der Waals surface area (Å²) in [7, 11) is 0. The Labute approximate surface area is 160 Å². The van der Waals surface area contributed by atoms with Crippen LogP contribution in [0, 0.1) is 11.3 Å². The fraction of sp³-hybridized carbons (Fsp3) is 0.0952. The van der Waals surface area contributed by atoms with Crippen LogP contribution in [0.5, 0.6) is 0 Å². The Bertz CT molecular complexity index is 1010. The van der Waals surface area contributed by atoms with Gasteiger partial charge in [0.25, 0.3) is 5.91 Å². The summed E-state index contributed by atoms with van der Waals surface area (Å²) in [6.45, 7) is 1.94. The van der Waals surface area contributed by atoms with Crippen molar-refractivity contribution in [1.29, 1.82) is 5.26 Å². The Morgan fingerprint density at radius 3 is 2.30 bits per heavy atom. The first-order valence-corrected chi connectivity index (χ1v) is 9.13. The molecule has 0 aliphatic rings. The smallest absolute Gasteiger partial charge is 0.349 e. The molecule has 0 saturated carbocycles. The normalized spacial score (nSPS) is 10.1. The van der Waals surface area contributed by atoms with Crippen molar-refractivity contribution in [3.63, 3.8) is 0 Å². The van der Waals surface area contributed by atoms with Crippen LogP contribution < -0.4 is 5.32 Å². The molecule has 0 aliphatic carbocycles. The first kappa shape index (κ1) is 18.4. The monoisotopic (exact) mass is 376 g/mol. The van der Waals surface area contributed by atoms with Crippen molar-refractivity contribution in [2.45, 2.75) is 6.92 Å². The second kappa shape index (κ2) is 8.30. The van der Waals surface area contributed by atoms with Crippen LogP contribution in [0.4, 0.5) is 5.00 Å². The number of nitrogens with zero attached hydrogens (tertiary/aromatic N) is 1. The van der Waals surface area contributed by atoms with Gasteiger partial charge >= 0.3 is 5.97 Å². The molecule has 3 rings (SSSR count). The minimum atomic E-state index is -0.516. The molecule has 0 atom stereocenters. The summed E-state index contributed by atoms with van der Waals surface area (Å²) in [4.78, 5) is 25.2. The highest BCUT2D eigenvalue weighted by atomic mass is 32.1. The molecule has 2 aromatic carbocycles. The van der Waals surface area contributed by atoms with Gasteiger partial charge in [-0.2, -0.15) is 5.26 Å². The number of hydrogen-bond acceptors (Lipinski definition) is 5. The van der Waals surface area contributed by atoms with Crippen molar-refractivity contribution in [2.75, 3.05) is 11.9 Å². The zero-order valence-electron chi connectivity index (χ0n) is 14.6. The molecule has 0 unspecified atom stereocenters. The lowest BCUT2D eigenvalue weighted by Crippen LogP contribution is -2.11. The van der Waals surface area contributed by atoms with Crippen molar-refractivity contribution in [3.8, 4) is 17.2 Å². The molecular weight excluding hydrogens is 360 g/mol. The van der Waals surface area contributed by atoms with Crippen LogP contribution in [0.2, 0.25) is 0 Å². The zero-order valence-corrected chi connectivity index (χ0v) is 15.4. The van der Waals surface area contributed by atoms with Crippen LogP contribution in [0.1, 0.15) is 32.5 Å². The predicted octanol–water partition coefficient (Wildman–Crippen LogP) is 4.72. The lowest BCUT2D eigenvalue weighted by Gasteiger charge is -2.05.